The molecule has 0 radical (unpaired) electrons. The molecule has 9 heteroatoms. The van der Waals surface area contributed by atoms with Crippen molar-refractivity contribution in [2.45, 2.75) is 13.0 Å². The number of carboxylic acids is 1. The van der Waals surface area contributed by atoms with Gasteiger partial charge in [0.2, 0.25) is 0 Å². The summed E-state index contributed by atoms with van der Waals surface area (Å²) in [6, 6.07) is 0. The number of aromatic nitrogens is 1. The monoisotopic (exact) mass is 365 g/mol. The molecule has 0 aliphatic carbocycles. The second-order valence-electron chi connectivity index (χ2n) is 2.75. The summed E-state index contributed by atoms with van der Waals surface area (Å²) in [6.07, 6.45) is -4.16. The number of hydrogen-bond donors (Lipinski definition) is 1. The van der Waals surface area contributed by atoms with Crippen molar-refractivity contribution in [3.8, 4) is 5.75 Å². The van der Waals surface area contributed by atoms with Gasteiger partial charge in [-0.25, -0.2) is 14.2 Å². The summed E-state index contributed by atoms with van der Waals surface area (Å²) >= 11 is 1.44. The van der Waals surface area contributed by atoms with Gasteiger partial charge in [0.15, 0.2) is 11.4 Å². The van der Waals surface area contributed by atoms with Crippen LogP contribution in [-0.2, 0) is 6.67 Å². The molecule has 0 unspecified atom stereocenters. The van der Waals surface area contributed by atoms with Crippen LogP contribution in [0.25, 0.3) is 0 Å². The van der Waals surface area contributed by atoms with E-state index in [0.29, 0.717) is 0 Å². The SMILES string of the molecule is O=C(O)c1ncc(I)c(OC(F)(F)F)c1CF. The van der Waals surface area contributed by atoms with Crippen molar-refractivity contribution in [3.63, 3.8) is 0 Å². The van der Waals surface area contributed by atoms with Crippen LogP contribution >= 0.6 is 22.6 Å². The van der Waals surface area contributed by atoms with Crippen molar-refractivity contribution < 1.29 is 32.2 Å². The summed E-state index contributed by atoms with van der Waals surface area (Å²) < 4.78 is 52.2. The Morgan fingerprint density at radius 1 is 1.53 bits per heavy atom. The third kappa shape index (κ3) is 3.41. The number of ether oxygens (including phenoxy) is 1. The van der Waals surface area contributed by atoms with Gasteiger partial charge >= 0.3 is 12.3 Å². The highest BCUT2D eigenvalue weighted by Crippen LogP contribution is 2.32. The molecule has 0 saturated carbocycles. The Kier molecular flexibility index (Phi) is 4.11. The maximum atomic E-state index is 12.6. The van der Waals surface area contributed by atoms with E-state index in [-0.39, 0.29) is 3.57 Å². The van der Waals surface area contributed by atoms with Gasteiger partial charge in [-0.15, -0.1) is 13.2 Å². The number of alkyl halides is 4. The smallest absolute Gasteiger partial charge is 0.476 e. The topological polar surface area (TPSA) is 59.4 Å². The number of halogens is 5. The highest BCUT2D eigenvalue weighted by atomic mass is 127. The Labute approximate surface area is 106 Å². The number of carbonyl (C=O) groups is 1. The predicted octanol–water partition coefficient (Wildman–Crippen LogP) is 2.75. The molecule has 0 saturated heterocycles. The quantitative estimate of drug-likeness (QED) is 0.661. The second-order valence-corrected chi connectivity index (χ2v) is 3.91. The predicted molar refractivity (Wildman–Crippen MR) is 55.4 cm³/mol. The molecule has 1 N–H and O–H groups in total. The van der Waals surface area contributed by atoms with Crippen molar-refractivity contribution in [1.82, 2.24) is 4.98 Å². The normalized spacial score (nSPS) is 11.4. The molecule has 0 aromatic carbocycles. The Bertz CT molecular complexity index is 449. The lowest BCUT2D eigenvalue weighted by Crippen LogP contribution is -2.20. The molecule has 0 fully saturated rings. The lowest BCUT2D eigenvalue weighted by atomic mass is 10.2. The van der Waals surface area contributed by atoms with Crippen molar-refractivity contribution in [3.05, 3.63) is 21.0 Å². The zero-order valence-corrected chi connectivity index (χ0v) is 10.0. The average Bonchev–Trinajstić information content (AvgIpc) is 2.18. The standard InChI is InChI=1S/C8H4F4INO3/c9-1-3-5(7(15)16)14-2-4(13)6(3)17-8(10,11)12/h2H,1H2,(H,15,16). The van der Waals surface area contributed by atoms with Gasteiger partial charge in [0.1, 0.15) is 6.67 Å². The summed E-state index contributed by atoms with van der Waals surface area (Å²) in [5, 5.41) is 8.64. The largest absolute Gasteiger partial charge is 0.573 e. The van der Waals surface area contributed by atoms with Crippen LogP contribution in [0.4, 0.5) is 17.6 Å². The molecule has 1 aromatic heterocycles. The van der Waals surface area contributed by atoms with Crippen LogP contribution in [0, 0.1) is 3.57 Å². The number of aromatic carboxylic acids is 1. The lowest BCUT2D eigenvalue weighted by molar-refractivity contribution is -0.275. The minimum Gasteiger partial charge on any atom is -0.476 e. The first-order chi connectivity index (χ1) is 7.76. The second kappa shape index (κ2) is 5.02. The van der Waals surface area contributed by atoms with Crippen LogP contribution in [0.3, 0.4) is 0 Å². The van der Waals surface area contributed by atoms with E-state index in [0.717, 1.165) is 6.20 Å². The average molecular weight is 365 g/mol. The van der Waals surface area contributed by atoms with E-state index in [4.69, 9.17) is 5.11 Å². The third-order valence-electron chi connectivity index (χ3n) is 1.64. The third-order valence-corrected chi connectivity index (χ3v) is 2.41. The van der Waals surface area contributed by atoms with Crippen LogP contribution in [-0.4, -0.2) is 22.4 Å². The molecule has 0 aliphatic heterocycles. The fraction of sp³-hybridized carbons (Fsp3) is 0.250. The van der Waals surface area contributed by atoms with Gasteiger partial charge in [-0.1, -0.05) is 0 Å². The molecule has 0 bridgehead atoms. The minimum atomic E-state index is -5.03. The highest BCUT2D eigenvalue weighted by molar-refractivity contribution is 14.1. The molecule has 1 heterocycles. The van der Waals surface area contributed by atoms with Crippen molar-refractivity contribution in [2.24, 2.45) is 0 Å². The van der Waals surface area contributed by atoms with E-state index < -0.39 is 36.0 Å². The lowest BCUT2D eigenvalue weighted by Gasteiger charge is -2.14. The molecule has 4 nitrogen and oxygen atoms in total. The van der Waals surface area contributed by atoms with Crippen LogP contribution in [0.2, 0.25) is 0 Å². The first-order valence-corrected chi connectivity index (χ1v) is 5.06. The molecular formula is C8H4F4INO3. The summed E-state index contributed by atoms with van der Waals surface area (Å²) in [5.74, 6) is -2.49. The van der Waals surface area contributed by atoms with Crippen molar-refractivity contribution in [2.75, 3.05) is 0 Å². The molecule has 0 spiro atoms. The molecule has 1 aromatic rings. The van der Waals surface area contributed by atoms with Crippen molar-refractivity contribution >= 4 is 28.6 Å². The highest BCUT2D eigenvalue weighted by Gasteiger charge is 2.34. The molecule has 0 amide bonds. The molecule has 17 heavy (non-hydrogen) atoms. The summed E-state index contributed by atoms with van der Waals surface area (Å²) in [6.45, 7) is -1.42. The maximum Gasteiger partial charge on any atom is 0.573 e. The minimum absolute atomic E-state index is 0.127. The maximum absolute atomic E-state index is 12.6. The van der Waals surface area contributed by atoms with Crippen LogP contribution in [0.5, 0.6) is 5.75 Å². The van der Waals surface area contributed by atoms with E-state index in [1.54, 1.807) is 0 Å². The molecule has 94 valence electrons. The van der Waals surface area contributed by atoms with Gasteiger partial charge in [-0.3, -0.25) is 0 Å². The zero-order chi connectivity index (χ0) is 13.2. The Hall–Kier alpha value is -1.13. The summed E-state index contributed by atoms with van der Waals surface area (Å²) in [5.41, 5.74) is -1.53. The molecule has 0 atom stereocenters. The van der Waals surface area contributed by atoms with Crippen LogP contribution in [0.15, 0.2) is 6.20 Å². The Morgan fingerprint density at radius 2 is 2.12 bits per heavy atom. The molecule has 1 rings (SSSR count). The van der Waals surface area contributed by atoms with Gasteiger partial charge in [-0.2, -0.15) is 0 Å². The number of nitrogens with zero attached hydrogens (tertiary/aromatic N) is 1. The van der Waals surface area contributed by atoms with Gasteiger partial charge in [0.05, 0.1) is 9.13 Å². The first kappa shape index (κ1) is 13.9. The number of pyridine rings is 1. The van der Waals surface area contributed by atoms with Gasteiger partial charge < -0.3 is 9.84 Å². The van der Waals surface area contributed by atoms with E-state index in [9.17, 15) is 22.4 Å². The molecule has 0 aliphatic rings. The Balaban J connectivity index is 3.35. The van der Waals surface area contributed by atoms with E-state index in [1.165, 1.54) is 22.6 Å². The van der Waals surface area contributed by atoms with Crippen LogP contribution in [0.1, 0.15) is 16.1 Å². The fourth-order valence-corrected chi connectivity index (χ4v) is 1.62. The Morgan fingerprint density at radius 3 is 2.53 bits per heavy atom. The van der Waals surface area contributed by atoms with E-state index in [2.05, 4.69) is 9.72 Å². The zero-order valence-electron chi connectivity index (χ0n) is 7.89. The van der Waals surface area contributed by atoms with Crippen molar-refractivity contribution in [1.29, 1.82) is 0 Å². The van der Waals surface area contributed by atoms with Crippen LogP contribution < -0.4 is 4.74 Å². The molecular weight excluding hydrogens is 361 g/mol. The van der Waals surface area contributed by atoms with E-state index >= 15 is 0 Å². The first-order valence-electron chi connectivity index (χ1n) is 3.98. The van der Waals surface area contributed by atoms with Gasteiger partial charge in [0.25, 0.3) is 0 Å². The number of rotatable bonds is 3. The van der Waals surface area contributed by atoms with Gasteiger partial charge in [0, 0.05) is 6.20 Å². The number of carboxylic acid groups (broad SMARTS) is 1. The fourth-order valence-electron chi connectivity index (χ4n) is 1.04. The number of hydrogen-bond acceptors (Lipinski definition) is 3. The van der Waals surface area contributed by atoms with Gasteiger partial charge in [-0.05, 0) is 22.6 Å². The summed E-state index contributed by atoms with van der Waals surface area (Å²) in [7, 11) is 0. The van der Waals surface area contributed by atoms with E-state index in [1.807, 2.05) is 0 Å². The summed E-state index contributed by atoms with van der Waals surface area (Å²) in [4.78, 5) is 14.0.